The fraction of sp³-hybridized carbons (Fsp3) is 0.115. The standard InChI is InChI=1S/C26H24FN5O4S/c1-16-4-9-21(27)22(12-16)31-26(34)30-18-5-7-19(8-6-18)36-20-10-11-28-24(14-20)23-13-17(15-29-23)25(33)32-37(2,3)35/h4-15,29H,1-3H3,(H2,30,31,34). The number of halogens is 1. The van der Waals surface area contributed by atoms with Crippen LogP contribution in [0, 0.1) is 12.7 Å². The number of carbonyl (C=O) groups is 2. The van der Waals surface area contributed by atoms with E-state index in [9.17, 15) is 18.2 Å². The van der Waals surface area contributed by atoms with Crippen molar-refractivity contribution in [2.24, 2.45) is 4.36 Å². The second-order valence-electron chi connectivity index (χ2n) is 8.45. The van der Waals surface area contributed by atoms with Crippen molar-refractivity contribution >= 4 is 33.0 Å². The van der Waals surface area contributed by atoms with Crippen LogP contribution in [0.4, 0.5) is 20.6 Å². The molecule has 11 heteroatoms. The maximum atomic E-state index is 13.9. The molecule has 9 nitrogen and oxygen atoms in total. The molecule has 0 radical (unpaired) electrons. The molecule has 2 heterocycles. The zero-order valence-corrected chi connectivity index (χ0v) is 21.1. The zero-order chi connectivity index (χ0) is 26.6. The highest BCUT2D eigenvalue weighted by molar-refractivity contribution is 7.92. The first-order valence-electron chi connectivity index (χ1n) is 11.0. The van der Waals surface area contributed by atoms with Gasteiger partial charge in [-0.15, -0.1) is 0 Å². The summed E-state index contributed by atoms with van der Waals surface area (Å²) in [6, 6.07) is 15.5. The van der Waals surface area contributed by atoms with E-state index in [1.807, 2.05) is 0 Å². The molecule has 2 aromatic heterocycles. The first-order chi connectivity index (χ1) is 17.6. The summed E-state index contributed by atoms with van der Waals surface area (Å²) in [4.78, 5) is 31.7. The predicted molar refractivity (Wildman–Crippen MR) is 141 cm³/mol. The number of hydrogen-bond acceptors (Lipinski definition) is 5. The molecular weight excluding hydrogens is 497 g/mol. The molecule has 0 aliphatic rings. The van der Waals surface area contributed by atoms with Gasteiger partial charge in [-0.25, -0.2) is 13.4 Å². The molecule has 37 heavy (non-hydrogen) atoms. The Labute approximate surface area is 213 Å². The molecule has 0 spiro atoms. The van der Waals surface area contributed by atoms with Gasteiger partial charge in [-0.1, -0.05) is 6.07 Å². The molecule has 0 bridgehead atoms. The third-order valence-corrected chi connectivity index (χ3v) is 5.56. The van der Waals surface area contributed by atoms with E-state index in [0.717, 1.165) is 5.56 Å². The molecule has 0 unspecified atom stereocenters. The van der Waals surface area contributed by atoms with Crippen molar-refractivity contribution in [3.63, 3.8) is 0 Å². The van der Waals surface area contributed by atoms with Gasteiger partial charge in [-0.3, -0.25) is 9.78 Å². The van der Waals surface area contributed by atoms with Gasteiger partial charge in [0.2, 0.25) is 0 Å². The second-order valence-corrected chi connectivity index (χ2v) is 11.0. The third-order valence-electron chi connectivity index (χ3n) is 4.96. The summed E-state index contributed by atoms with van der Waals surface area (Å²) < 4.78 is 35.2. The molecule has 4 aromatic rings. The molecule has 0 saturated carbocycles. The lowest BCUT2D eigenvalue weighted by Gasteiger charge is -2.10. The number of aromatic amines is 1. The van der Waals surface area contributed by atoms with Crippen molar-refractivity contribution in [3.8, 4) is 22.9 Å². The smallest absolute Gasteiger partial charge is 0.323 e. The number of nitrogens with zero attached hydrogens (tertiary/aromatic N) is 2. The number of aryl methyl sites for hydroxylation is 1. The van der Waals surface area contributed by atoms with Gasteiger partial charge in [0.25, 0.3) is 5.91 Å². The fourth-order valence-corrected chi connectivity index (χ4v) is 3.81. The number of aromatic nitrogens is 2. The monoisotopic (exact) mass is 521 g/mol. The van der Waals surface area contributed by atoms with Crippen molar-refractivity contribution < 1.29 is 22.9 Å². The van der Waals surface area contributed by atoms with Crippen LogP contribution in [0.3, 0.4) is 0 Å². The number of rotatable bonds is 6. The Morgan fingerprint density at radius 3 is 2.49 bits per heavy atom. The van der Waals surface area contributed by atoms with E-state index >= 15 is 0 Å². The molecule has 0 fully saturated rings. The summed E-state index contributed by atoms with van der Waals surface area (Å²) >= 11 is 0. The van der Waals surface area contributed by atoms with E-state index in [2.05, 4.69) is 25.0 Å². The van der Waals surface area contributed by atoms with Gasteiger partial charge < -0.3 is 20.4 Å². The fourth-order valence-electron chi connectivity index (χ4n) is 3.30. The van der Waals surface area contributed by atoms with Gasteiger partial charge in [0, 0.05) is 46.4 Å². The van der Waals surface area contributed by atoms with Gasteiger partial charge in [-0.05, 0) is 61.0 Å². The lowest BCUT2D eigenvalue weighted by molar-refractivity contribution is 0.100. The zero-order valence-electron chi connectivity index (χ0n) is 20.2. The summed E-state index contributed by atoms with van der Waals surface area (Å²) in [5.74, 6) is -0.0904. The van der Waals surface area contributed by atoms with Crippen molar-refractivity contribution in [3.05, 3.63) is 90.0 Å². The van der Waals surface area contributed by atoms with E-state index in [1.165, 1.54) is 24.8 Å². The molecule has 190 valence electrons. The number of hydrogen-bond donors (Lipinski definition) is 3. The average Bonchev–Trinajstić information content (AvgIpc) is 3.33. The average molecular weight is 522 g/mol. The topological polar surface area (TPSA) is 126 Å². The molecule has 0 atom stereocenters. The predicted octanol–water partition coefficient (Wildman–Crippen LogP) is 5.83. The minimum Gasteiger partial charge on any atom is -0.457 e. The number of H-pyrrole nitrogens is 1. The van der Waals surface area contributed by atoms with Gasteiger partial charge in [0.1, 0.15) is 17.3 Å². The highest BCUT2D eigenvalue weighted by Crippen LogP contribution is 2.27. The number of urea groups is 1. The number of carbonyl (C=O) groups excluding carboxylic acids is 2. The molecule has 3 amide bonds. The summed E-state index contributed by atoms with van der Waals surface area (Å²) in [7, 11) is -2.56. The van der Waals surface area contributed by atoms with Gasteiger partial charge in [0.05, 0.1) is 22.6 Å². The Morgan fingerprint density at radius 2 is 1.76 bits per heavy atom. The van der Waals surface area contributed by atoms with Gasteiger partial charge >= 0.3 is 6.03 Å². The minimum absolute atomic E-state index is 0.0919. The van der Waals surface area contributed by atoms with Crippen LogP contribution in [0.2, 0.25) is 0 Å². The van der Waals surface area contributed by atoms with Crippen LogP contribution in [-0.4, -0.2) is 38.6 Å². The molecule has 0 saturated heterocycles. The van der Waals surface area contributed by atoms with E-state index in [4.69, 9.17) is 4.74 Å². The maximum absolute atomic E-state index is 13.9. The molecular formula is C26H24FN5O4S. The Balaban J connectivity index is 1.40. The van der Waals surface area contributed by atoms with E-state index < -0.39 is 27.5 Å². The maximum Gasteiger partial charge on any atom is 0.323 e. The van der Waals surface area contributed by atoms with E-state index in [-0.39, 0.29) is 11.3 Å². The summed E-state index contributed by atoms with van der Waals surface area (Å²) in [5, 5.41) is 5.13. The Bertz CT molecular complexity index is 1580. The lowest BCUT2D eigenvalue weighted by atomic mass is 10.2. The quantitative estimate of drug-likeness (QED) is 0.294. The van der Waals surface area contributed by atoms with Crippen LogP contribution in [0.15, 0.2) is 77.4 Å². The van der Waals surface area contributed by atoms with Gasteiger partial charge in [0.15, 0.2) is 0 Å². The Kier molecular flexibility index (Phi) is 7.35. The number of anilines is 2. The van der Waals surface area contributed by atoms with Crippen molar-refractivity contribution in [2.45, 2.75) is 6.92 Å². The molecule has 2 aromatic carbocycles. The molecule has 3 N–H and O–H groups in total. The number of benzene rings is 2. The first kappa shape index (κ1) is 25.6. The SMILES string of the molecule is Cc1ccc(F)c(NC(=O)Nc2ccc(Oc3ccnc(-c4cc(C(=O)N=S(C)(C)=O)c[nH]4)c3)cc2)c1. The van der Waals surface area contributed by atoms with Crippen molar-refractivity contribution in [1.82, 2.24) is 9.97 Å². The number of amides is 3. The third kappa shape index (κ3) is 7.01. The Morgan fingerprint density at radius 1 is 1.00 bits per heavy atom. The molecule has 0 aliphatic heterocycles. The normalized spacial score (nSPS) is 11.0. The van der Waals surface area contributed by atoms with Crippen molar-refractivity contribution in [1.29, 1.82) is 0 Å². The summed E-state index contributed by atoms with van der Waals surface area (Å²) in [6.45, 7) is 1.80. The van der Waals surface area contributed by atoms with Crippen LogP contribution in [-0.2, 0) is 9.73 Å². The number of pyridine rings is 1. The molecule has 0 aliphatic carbocycles. The number of nitrogens with one attached hydrogen (secondary N) is 3. The van der Waals surface area contributed by atoms with E-state index in [0.29, 0.717) is 28.6 Å². The van der Waals surface area contributed by atoms with Crippen LogP contribution in [0.1, 0.15) is 15.9 Å². The summed E-state index contributed by atoms with van der Waals surface area (Å²) in [6.07, 6.45) is 5.83. The largest absolute Gasteiger partial charge is 0.457 e. The van der Waals surface area contributed by atoms with Crippen molar-refractivity contribution in [2.75, 3.05) is 23.1 Å². The van der Waals surface area contributed by atoms with Crippen LogP contribution in [0.25, 0.3) is 11.4 Å². The number of ether oxygens (including phenoxy) is 1. The first-order valence-corrected chi connectivity index (χ1v) is 13.4. The lowest BCUT2D eigenvalue weighted by Crippen LogP contribution is -2.20. The summed E-state index contributed by atoms with van der Waals surface area (Å²) in [5.41, 5.74) is 2.78. The minimum atomic E-state index is -2.56. The highest BCUT2D eigenvalue weighted by Gasteiger charge is 2.12. The van der Waals surface area contributed by atoms with Crippen LogP contribution in [0.5, 0.6) is 11.5 Å². The highest BCUT2D eigenvalue weighted by atomic mass is 32.2. The molecule has 4 rings (SSSR count). The second kappa shape index (κ2) is 10.6. The van der Waals surface area contributed by atoms with E-state index in [1.54, 1.807) is 67.7 Å². The Hall–Kier alpha value is -4.51. The van der Waals surface area contributed by atoms with Gasteiger partial charge in [-0.2, -0.15) is 4.36 Å². The van der Waals surface area contributed by atoms with Crippen LogP contribution < -0.4 is 15.4 Å². The van der Waals surface area contributed by atoms with Crippen LogP contribution >= 0.6 is 0 Å².